The first kappa shape index (κ1) is 12.5. The lowest BCUT2D eigenvalue weighted by molar-refractivity contribution is -0.0131. The van der Waals surface area contributed by atoms with Crippen molar-refractivity contribution in [3.63, 3.8) is 0 Å². The first-order valence-electron chi connectivity index (χ1n) is 5.94. The fraction of sp³-hybridized carbons (Fsp3) is 0.923. The van der Waals surface area contributed by atoms with Gasteiger partial charge in [0.05, 0.1) is 6.54 Å². The maximum Gasteiger partial charge on any atom is 0.189 e. The third kappa shape index (κ3) is 2.19. The molecule has 0 saturated heterocycles. The highest BCUT2D eigenvalue weighted by Crippen LogP contribution is 2.38. The average Bonchev–Trinajstić information content (AvgIpc) is 2.46. The van der Waals surface area contributed by atoms with Crippen molar-refractivity contribution in [2.75, 3.05) is 6.54 Å². The maximum absolute atomic E-state index is 6.19. The SMILES string of the molecule is CC(C)C1(C(C)C)CN=C(C(C)(C)C)O1. The van der Waals surface area contributed by atoms with Crippen molar-refractivity contribution in [3.8, 4) is 0 Å². The molecule has 0 aliphatic carbocycles. The van der Waals surface area contributed by atoms with E-state index in [1.165, 1.54) is 0 Å². The average molecular weight is 211 g/mol. The molecule has 0 amide bonds. The zero-order valence-electron chi connectivity index (χ0n) is 11.2. The van der Waals surface area contributed by atoms with Crippen LogP contribution in [0.5, 0.6) is 0 Å². The van der Waals surface area contributed by atoms with Crippen LogP contribution in [-0.4, -0.2) is 18.0 Å². The lowest BCUT2D eigenvalue weighted by atomic mass is 9.80. The predicted octanol–water partition coefficient (Wildman–Crippen LogP) is 3.51. The van der Waals surface area contributed by atoms with Crippen molar-refractivity contribution < 1.29 is 4.74 Å². The summed E-state index contributed by atoms with van der Waals surface area (Å²) in [4.78, 5) is 4.60. The molecule has 0 aromatic heterocycles. The van der Waals surface area contributed by atoms with Gasteiger partial charge in [0.25, 0.3) is 0 Å². The molecular weight excluding hydrogens is 186 g/mol. The quantitative estimate of drug-likeness (QED) is 0.685. The van der Waals surface area contributed by atoms with Gasteiger partial charge in [-0.2, -0.15) is 0 Å². The second kappa shape index (κ2) is 3.80. The second-order valence-electron chi connectivity index (χ2n) is 6.24. The molecule has 0 radical (unpaired) electrons. The summed E-state index contributed by atoms with van der Waals surface area (Å²) in [5.41, 5.74) is -0.0475. The smallest absolute Gasteiger partial charge is 0.189 e. The van der Waals surface area contributed by atoms with Gasteiger partial charge in [0.15, 0.2) is 5.90 Å². The monoisotopic (exact) mass is 211 g/mol. The molecule has 0 fully saturated rings. The molecule has 0 atom stereocenters. The summed E-state index contributed by atoms with van der Waals surface area (Å²) in [6, 6.07) is 0. The number of ether oxygens (including phenoxy) is 1. The van der Waals surface area contributed by atoms with Gasteiger partial charge in [-0.25, -0.2) is 0 Å². The molecule has 1 rings (SSSR count). The Labute approximate surface area is 94.1 Å². The minimum Gasteiger partial charge on any atom is -0.472 e. The van der Waals surface area contributed by atoms with Crippen LogP contribution >= 0.6 is 0 Å². The van der Waals surface area contributed by atoms with E-state index >= 15 is 0 Å². The van der Waals surface area contributed by atoms with Crippen LogP contribution in [0.1, 0.15) is 48.5 Å². The molecule has 1 aliphatic rings. The Hall–Kier alpha value is -0.530. The zero-order valence-corrected chi connectivity index (χ0v) is 11.2. The molecule has 0 N–H and O–H groups in total. The van der Waals surface area contributed by atoms with Crippen LogP contribution in [0.4, 0.5) is 0 Å². The summed E-state index contributed by atoms with van der Waals surface area (Å²) < 4.78 is 6.19. The summed E-state index contributed by atoms with van der Waals surface area (Å²) in [7, 11) is 0. The van der Waals surface area contributed by atoms with Gasteiger partial charge in [-0.05, 0) is 11.8 Å². The van der Waals surface area contributed by atoms with Crippen molar-refractivity contribution >= 4 is 5.90 Å². The summed E-state index contributed by atoms with van der Waals surface area (Å²) in [5, 5.41) is 0. The van der Waals surface area contributed by atoms with Gasteiger partial charge in [0.2, 0.25) is 0 Å². The van der Waals surface area contributed by atoms with Gasteiger partial charge in [-0.1, -0.05) is 48.5 Å². The van der Waals surface area contributed by atoms with Crippen molar-refractivity contribution in [1.29, 1.82) is 0 Å². The van der Waals surface area contributed by atoms with Crippen molar-refractivity contribution in [3.05, 3.63) is 0 Å². The van der Waals surface area contributed by atoms with Crippen LogP contribution in [0.15, 0.2) is 4.99 Å². The lowest BCUT2D eigenvalue weighted by Crippen LogP contribution is -2.45. The Balaban J connectivity index is 2.88. The van der Waals surface area contributed by atoms with E-state index in [9.17, 15) is 0 Å². The lowest BCUT2D eigenvalue weighted by Gasteiger charge is -2.37. The molecule has 0 aromatic rings. The highest BCUT2D eigenvalue weighted by Gasteiger charge is 2.46. The largest absolute Gasteiger partial charge is 0.472 e. The van der Waals surface area contributed by atoms with Gasteiger partial charge in [-0.3, -0.25) is 4.99 Å². The highest BCUT2D eigenvalue weighted by molar-refractivity contribution is 5.83. The van der Waals surface area contributed by atoms with Gasteiger partial charge in [0, 0.05) is 5.41 Å². The number of nitrogens with zero attached hydrogens (tertiary/aromatic N) is 1. The van der Waals surface area contributed by atoms with E-state index in [1.807, 2.05) is 0 Å². The third-order valence-corrected chi connectivity index (χ3v) is 3.35. The summed E-state index contributed by atoms with van der Waals surface area (Å²) in [6.45, 7) is 16.2. The highest BCUT2D eigenvalue weighted by atomic mass is 16.5. The van der Waals surface area contributed by atoms with Gasteiger partial charge in [0.1, 0.15) is 5.60 Å². The second-order valence-corrected chi connectivity index (χ2v) is 6.24. The first-order valence-corrected chi connectivity index (χ1v) is 5.94. The minimum absolute atomic E-state index is 0.0333. The van der Waals surface area contributed by atoms with E-state index in [4.69, 9.17) is 4.74 Å². The van der Waals surface area contributed by atoms with Crippen LogP contribution in [0.2, 0.25) is 0 Å². The molecule has 0 bridgehead atoms. The first-order chi connectivity index (χ1) is 6.70. The van der Waals surface area contributed by atoms with Crippen LogP contribution < -0.4 is 0 Å². The van der Waals surface area contributed by atoms with Crippen LogP contribution in [0.25, 0.3) is 0 Å². The third-order valence-electron chi connectivity index (χ3n) is 3.35. The normalized spacial score (nSPS) is 20.7. The van der Waals surface area contributed by atoms with Crippen molar-refractivity contribution in [2.24, 2.45) is 22.2 Å². The van der Waals surface area contributed by atoms with E-state index in [-0.39, 0.29) is 11.0 Å². The number of hydrogen-bond acceptors (Lipinski definition) is 2. The summed E-state index contributed by atoms with van der Waals surface area (Å²) in [5.74, 6) is 1.92. The molecule has 0 unspecified atom stereocenters. The van der Waals surface area contributed by atoms with Gasteiger partial charge >= 0.3 is 0 Å². The van der Waals surface area contributed by atoms with E-state index in [2.05, 4.69) is 53.5 Å². The van der Waals surface area contributed by atoms with Crippen LogP contribution in [-0.2, 0) is 4.74 Å². The molecular formula is C13H25NO. The van der Waals surface area contributed by atoms with Crippen LogP contribution in [0.3, 0.4) is 0 Å². The molecule has 0 saturated carbocycles. The zero-order chi connectivity index (χ0) is 11.9. The predicted molar refractivity (Wildman–Crippen MR) is 65.2 cm³/mol. The van der Waals surface area contributed by atoms with E-state index < -0.39 is 0 Å². The molecule has 1 aliphatic heterocycles. The van der Waals surface area contributed by atoms with Crippen molar-refractivity contribution in [2.45, 2.75) is 54.1 Å². The maximum atomic E-state index is 6.19. The molecule has 2 nitrogen and oxygen atoms in total. The van der Waals surface area contributed by atoms with Crippen LogP contribution in [0, 0.1) is 17.3 Å². The Kier molecular flexibility index (Phi) is 3.18. The van der Waals surface area contributed by atoms with Gasteiger partial charge < -0.3 is 4.74 Å². The molecule has 15 heavy (non-hydrogen) atoms. The van der Waals surface area contributed by atoms with E-state index in [1.54, 1.807) is 0 Å². The fourth-order valence-electron chi connectivity index (χ4n) is 2.10. The fourth-order valence-corrected chi connectivity index (χ4v) is 2.10. The Morgan fingerprint density at radius 2 is 1.60 bits per heavy atom. The molecule has 0 aromatic carbocycles. The molecule has 2 heteroatoms. The van der Waals surface area contributed by atoms with Gasteiger partial charge in [-0.15, -0.1) is 0 Å². The number of hydrogen-bond donors (Lipinski definition) is 0. The number of aliphatic imine (C=N–C) groups is 1. The van der Waals surface area contributed by atoms with E-state index in [0.29, 0.717) is 11.8 Å². The Bertz CT molecular complexity index is 250. The molecule has 88 valence electrons. The number of rotatable bonds is 2. The summed E-state index contributed by atoms with van der Waals surface area (Å²) in [6.07, 6.45) is 0. The van der Waals surface area contributed by atoms with E-state index in [0.717, 1.165) is 12.4 Å². The standard InChI is InChI=1S/C13H25NO/c1-9(2)13(10(3)4)8-14-11(15-13)12(5,6)7/h9-10H,8H2,1-7H3. The van der Waals surface area contributed by atoms with Crippen molar-refractivity contribution in [1.82, 2.24) is 0 Å². The molecule has 0 spiro atoms. The summed E-state index contributed by atoms with van der Waals surface area (Å²) >= 11 is 0. The molecule has 1 heterocycles. The minimum atomic E-state index is -0.0807. The Morgan fingerprint density at radius 1 is 1.13 bits per heavy atom. The topological polar surface area (TPSA) is 21.6 Å². The Morgan fingerprint density at radius 3 is 1.80 bits per heavy atom.